The highest BCUT2D eigenvalue weighted by Crippen LogP contribution is 2.35. The van der Waals surface area contributed by atoms with Crippen LogP contribution in [0, 0.1) is 0 Å². The van der Waals surface area contributed by atoms with E-state index in [1.807, 2.05) is 0 Å². The van der Waals surface area contributed by atoms with E-state index < -0.39 is 6.09 Å². The summed E-state index contributed by atoms with van der Waals surface area (Å²) in [5, 5.41) is 17.7. The van der Waals surface area contributed by atoms with Crippen LogP contribution in [0.25, 0.3) is 0 Å². The summed E-state index contributed by atoms with van der Waals surface area (Å²) in [5.74, 6) is 0.476. The number of carboxylic acid groups (broad SMARTS) is 1. The second kappa shape index (κ2) is 8.76. The van der Waals surface area contributed by atoms with Crippen molar-refractivity contribution in [2.75, 3.05) is 25.5 Å². The second-order valence-electron chi connectivity index (χ2n) is 3.93. The molecule has 9 heteroatoms. The van der Waals surface area contributed by atoms with Crippen LogP contribution in [0.15, 0.2) is 12.1 Å². The minimum atomic E-state index is -1.05. The van der Waals surface area contributed by atoms with Crippen molar-refractivity contribution in [3.63, 3.8) is 0 Å². The quantitative estimate of drug-likeness (QED) is 0.466. The van der Waals surface area contributed by atoms with E-state index in [0.717, 1.165) is 0 Å². The SMILES string of the molecule is COc1cc(Cl)cc(Cl)c1NC(=S)NCCCNC(=O)O. The average Bonchev–Trinajstić information content (AvgIpc) is 2.40. The molecule has 0 radical (unpaired) electrons. The zero-order valence-electron chi connectivity index (χ0n) is 11.2. The summed E-state index contributed by atoms with van der Waals surface area (Å²) in [4.78, 5) is 10.3. The summed E-state index contributed by atoms with van der Waals surface area (Å²) in [6.07, 6.45) is -0.451. The summed E-state index contributed by atoms with van der Waals surface area (Å²) in [7, 11) is 1.50. The van der Waals surface area contributed by atoms with Gasteiger partial charge >= 0.3 is 6.09 Å². The molecule has 0 aromatic heterocycles. The Morgan fingerprint density at radius 1 is 1.33 bits per heavy atom. The van der Waals surface area contributed by atoms with Crippen molar-refractivity contribution in [2.45, 2.75) is 6.42 Å². The highest BCUT2D eigenvalue weighted by Gasteiger charge is 2.11. The molecule has 0 fully saturated rings. The van der Waals surface area contributed by atoms with Crippen LogP contribution in [0.5, 0.6) is 5.75 Å². The lowest BCUT2D eigenvalue weighted by Crippen LogP contribution is -2.32. The van der Waals surface area contributed by atoms with Crippen molar-refractivity contribution >= 4 is 52.3 Å². The monoisotopic (exact) mass is 351 g/mol. The predicted octanol–water partition coefficient (Wildman–Crippen LogP) is 2.95. The van der Waals surface area contributed by atoms with Gasteiger partial charge in [0.15, 0.2) is 5.11 Å². The Hall–Kier alpha value is -1.44. The molecule has 0 saturated carbocycles. The molecule has 0 bridgehead atoms. The van der Waals surface area contributed by atoms with Crippen LogP contribution >= 0.6 is 35.4 Å². The zero-order chi connectivity index (χ0) is 15.8. The van der Waals surface area contributed by atoms with E-state index in [9.17, 15) is 4.79 Å². The number of hydrogen-bond acceptors (Lipinski definition) is 3. The maximum Gasteiger partial charge on any atom is 0.404 e. The van der Waals surface area contributed by atoms with Crippen LogP contribution in [0.4, 0.5) is 10.5 Å². The van der Waals surface area contributed by atoms with Gasteiger partial charge in [0.25, 0.3) is 0 Å². The summed E-state index contributed by atoms with van der Waals surface area (Å²) in [5.41, 5.74) is 0.518. The summed E-state index contributed by atoms with van der Waals surface area (Å²) in [6, 6.07) is 3.20. The van der Waals surface area contributed by atoms with E-state index in [2.05, 4.69) is 16.0 Å². The fraction of sp³-hybridized carbons (Fsp3) is 0.333. The van der Waals surface area contributed by atoms with E-state index >= 15 is 0 Å². The Labute approximate surface area is 137 Å². The molecule has 0 spiro atoms. The standard InChI is InChI=1S/C12H15Cl2N3O3S/c1-20-9-6-7(13)5-8(14)10(9)17-11(21)15-3-2-4-16-12(18)19/h5-6,16H,2-4H2,1H3,(H,18,19)(H2,15,17,21). The number of thiocarbonyl (C=S) groups is 1. The van der Waals surface area contributed by atoms with Gasteiger partial charge in [-0.3, -0.25) is 0 Å². The molecule has 0 atom stereocenters. The fourth-order valence-corrected chi connectivity index (χ4v) is 2.20. The maximum atomic E-state index is 10.3. The average molecular weight is 352 g/mol. The van der Waals surface area contributed by atoms with Crippen LogP contribution in [-0.4, -0.2) is 36.5 Å². The number of benzene rings is 1. The van der Waals surface area contributed by atoms with Crippen LogP contribution < -0.4 is 20.7 Å². The third-order valence-electron chi connectivity index (χ3n) is 2.39. The van der Waals surface area contributed by atoms with Crippen molar-refractivity contribution in [1.82, 2.24) is 10.6 Å². The molecule has 6 nitrogen and oxygen atoms in total. The van der Waals surface area contributed by atoms with Crippen LogP contribution in [0.2, 0.25) is 10.0 Å². The van der Waals surface area contributed by atoms with Crippen molar-refractivity contribution in [1.29, 1.82) is 0 Å². The Morgan fingerprint density at radius 2 is 2.00 bits per heavy atom. The molecule has 0 aliphatic rings. The van der Waals surface area contributed by atoms with Gasteiger partial charge in [0.1, 0.15) is 11.4 Å². The number of amides is 1. The van der Waals surface area contributed by atoms with Crippen molar-refractivity contribution in [3.05, 3.63) is 22.2 Å². The van der Waals surface area contributed by atoms with Crippen molar-refractivity contribution < 1.29 is 14.6 Å². The minimum Gasteiger partial charge on any atom is -0.494 e. The van der Waals surface area contributed by atoms with Crippen LogP contribution in [0.1, 0.15) is 6.42 Å². The van der Waals surface area contributed by atoms with E-state index in [1.54, 1.807) is 12.1 Å². The molecular formula is C12H15Cl2N3O3S. The van der Waals surface area contributed by atoms with Gasteiger partial charge in [0.2, 0.25) is 0 Å². The van der Waals surface area contributed by atoms with E-state index in [-0.39, 0.29) is 0 Å². The number of carbonyl (C=O) groups is 1. The first kappa shape index (κ1) is 17.6. The number of hydrogen-bond donors (Lipinski definition) is 4. The normalized spacial score (nSPS) is 9.86. The molecule has 116 valence electrons. The highest BCUT2D eigenvalue weighted by molar-refractivity contribution is 7.80. The van der Waals surface area contributed by atoms with E-state index in [1.165, 1.54) is 7.11 Å². The molecule has 1 amide bonds. The molecular weight excluding hydrogens is 337 g/mol. The van der Waals surface area contributed by atoms with Crippen molar-refractivity contribution in [3.8, 4) is 5.75 Å². The van der Waals surface area contributed by atoms with Gasteiger partial charge in [-0.25, -0.2) is 4.79 Å². The number of methoxy groups -OCH3 is 1. The smallest absolute Gasteiger partial charge is 0.404 e. The fourth-order valence-electron chi connectivity index (χ4n) is 1.48. The van der Waals surface area contributed by atoms with E-state index in [0.29, 0.717) is 46.1 Å². The summed E-state index contributed by atoms with van der Waals surface area (Å²) < 4.78 is 5.18. The van der Waals surface area contributed by atoms with Gasteiger partial charge in [-0.05, 0) is 24.7 Å². The van der Waals surface area contributed by atoms with Crippen molar-refractivity contribution in [2.24, 2.45) is 0 Å². The maximum absolute atomic E-state index is 10.3. The molecule has 1 aromatic rings. The first-order chi connectivity index (χ1) is 9.93. The lowest BCUT2D eigenvalue weighted by molar-refractivity contribution is 0.194. The Morgan fingerprint density at radius 3 is 2.62 bits per heavy atom. The zero-order valence-corrected chi connectivity index (χ0v) is 13.5. The summed E-state index contributed by atoms with van der Waals surface area (Å²) >= 11 is 17.1. The van der Waals surface area contributed by atoms with Gasteiger partial charge < -0.3 is 25.8 Å². The Kier molecular flexibility index (Phi) is 7.35. The number of ether oxygens (including phenoxy) is 1. The van der Waals surface area contributed by atoms with Gasteiger partial charge in [0.05, 0.1) is 12.1 Å². The third kappa shape index (κ3) is 6.24. The number of rotatable bonds is 6. The van der Waals surface area contributed by atoms with Gasteiger partial charge in [0, 0.05) is 24.2 Å². The summed E-state index contributed by atoms with van der Waals surface area (Å²) in [6.45, 7) is 0.857. The largest absolute Gasteiger partial charge is 0.494 e. The molecule has 0 aliphatic carbocycles. The topological polar surface area (TPSA) is 82.6 Å². The van der Waals surface area contributed by atoms with E-state index in [4.69, 9.17) is 45.3 Å². The molecule has 4 N–H and O–H groups in total. The molecule has 21 heavy (non-hydrogen) atoms. The Balaban J connectivity index is 2.50. The lowest BCUT2D eigenvalue weighted by atomic mass is 10.3. The Bertz CT molecular complexity index is 529. The minimum absolute atomic E-state index is 0.343. The number of halogens is 2. The molecule has 0 unspecified atom stereocenters. The van der Waals surface area contributed by atoms with Crippen LogP contribution in [-0.2, 0) is 0 Å². The highest BCUT2D eigenvalue weighted by atomic mass is 35.5. The van der Waals surface area contributed by atoms with Crippen LogP contribution in [0.3, 0.4) is 0 Å². The lowest BCUT2D eigenvalue weighted by Gasteiger charge is -2.15. The van der Waals surface area contributed by atoms with Gasteiger partial charge in [-0.1, -0.05) is 23.2 Å². The molecule has 1 aromatic carbocycles. The molecule has 0 aliphatic heterocycles. The van der Waals surface area contributed by atoms with Gasteiger partial charge in [-0.2, -0.15) is 0 Å². The van der Waals surface area contributed by atoms with Gasteiger partial charge in [-0.15, -0.1) is 0 Å². The number of nitrogens with one attached hydrogen (secondary N) is 3. The second-order valence-corrected chi connectivity index (χ2v) is 5.18. The first-order valence-corrected chi connectivity index (χ1v) is 7.15. The third-order valence-corrected chi connectivity index (χ3v) is 3.16. The number of anilines is 1. The predicted molar refractivity (Wildman–Crippen MR) is 87.9 cm³/mol. The first-order valence-electron chi connectivity index (χ1n) is 5.98. The molecule has 0 heterocycles. The molecule has 0 saturated heterocycles. The molecule has 1 rings (SSSR count).